The molecule has 0 bridgehead atoms. The fourth-order valence-corrected chi connectivity index (χ4v) is 3.09. The second kappa shape index (κ2) is 4.53. The SMILES string of the molecule is CN(C(=O)C1CNC1)C1CCSCC1. The second-order valence-electron chi connectivity index (χ2n) is 4.15. The van der Waals surface area contributed by atoms with Crippen LogP contribution in [0.1, 0.15) is 12.8 Å². The lowest BCUT2D eigenvalue weighted by molar-refractivity contribution is -0.138. The number of nitrogens with zero attached hydrogens (tertiary/aromatic N) is 1. The summed E-state index contributed by atoms with van der Waals surface area (Å²) in [4.78, 5) is 13.9. The van der Waals surface area contributed by atoms with Gasteiger partial charge in [0.1, 0.15) is 0 Å². The van der Waals surface area contributed by atoms with E-state index in [1.165, 1.54) is 24.3 Å². The molecule has 2 saturated heterocycles. The van der Waals surface area contributed by atoms with Crippen LogP contribution in [0.3, 0.4) is 0 Å². The quantitative estimate of drug-likeness (QED) is 0.729. The molecule has 14 heavy (non-hydrogen) atoms. The molecular weight excluding hydrogens is 196 g/mol. The molecule has 0 atom stereocenters. The molecule has 0 aromatic rings. The van der Waals surface area contributed by atoms with Crippen molar-refractivity contribution in [1.82, 2.24) is 10.2 Å². The van der Waals surface area contributed by atoms with Gasteiger partial charge in [0.15, 0.2) is 0 Å². The van der Waals surface area contributed by atoms with Crippen LogP contribution in [0.15, 0.2) is 0 Å². The Hall–Kier alpha value is -0.220. The molecule has 0 saturated carbocycles. The van der Waals surface area contributed by atoms with E-state index in [0.29, 0.717) is 11.9 Å². The summed E-state index contributed by atoms with van der Waals surface area (Å²) >= 11 is 2.01. The zero-order valence-electron chi connectivity index (χ0n) is 8.66. The van der Waals surface area contributed by atoms with Crippen LogP contribution in [0.4, 0.5) is 0 Å². The second-order valence-corrected chi connectivity index (χ2v) is 5.37. The van der Waals surface area contributed by atoms with Gasteiger partial charge >= 0.3 is 0 Å². The molecular formula is C10H18N2OS. The lowest BCUT2D eigenvalue weighted by Crippen LogP contribution is -2.53. The van der Waals surface area contributed by atoms with Crippen molar-refractivity contribution in [1.29, 1.82) is 0 Å². The van der Waals surface area contributed by atoms with Gasteiger partial charge in [0.25, 0.3) is 0 Å². The van der Waals surface area contributed by atoms with Crippen molar-refractivity contribution in [2.24, 2.45) is 5.92 Å². The van der Waals surface area contributed by atoms with Crippen molar-refractivity contribution in [2.75, 3.05) is 31.6 Å². The van der Waals surface area contributed by atoms with E-state index in [1.54, 1.807) is 0 Å². The summed E-state index contributed by atoms with van der Waals surface area (Å²) in [6.45, 7) is 1.76. The predicted molar refractivity (Wildman–Crippen MR) is 59.5 cm³/mol. The molecule has 1 N–H and O–H groups in total. The number of nitrogens with one attached hydrogen (secondary N) is 1. The average molecular weight is 214 g/mol. The van der Waals surface area contributed by atoms with E-state index < -0.39 is 0 Å². The van der Waals surface area contributed by atoms with Gasteiger partial charge in [-0.1, -0.05) is 0 Å². The highest BCUT2D eigenvalue weighted by molar-refractivity contribution is 7.99. The zero-order valence-corrected chi connectivity index (χ0v) is 9.48. The molecule has 2 rings (SSSR count). The molecule has 2 aliphatic rings. The number of amides is 1. The minimum Gasteiger partial charge on any atom is -0.342 e. The number of rotatable bonds is 2. The standard InChI is InChI=1S/C10H18N2OS/c1-12(9-2-4-14-5-3-9)10(13)8-6-11-7-8/h8-9,11H,2-7H2,1H3. The Morgan fingerprint density at radius 3 is 2.50 bits per heavy atom. The van der Waals surface area contributed by atoms with Crippen molar-refractivity contribution in [2.45, 2.75) is 18.9 Å². The highest BCUT2D eigenvalue weighted by Gasteiger charge is 2.31. The summed E-state index contributed by atoms with van der Waals surface area (Å²) in [6, 6.07) is 0.504. The predicted octanol–water partition coefficient (Wildman–Crippen LogP) is 0.560. The lowest BCUT2D eigenvalue weighted by Gasteiger charge is -2.36. The topological polar surface area (TPSA) is 32.3 Å². The van der Waals surface area contributed by atoms with Crippen molar-refractivity contribution in [3.63, 3.8) is 0 Å². The lowest BCUT2D eigenvalue weighted by atomic mass is 10.00. The number of hydrogen-bond acceptors (Lipinski definition) is 3. The van der Waals surface area contributed by atoms with E-state index in [1.807, 2.05) is 23.7 Å². The zero-order chi connectivity index (χ0) is 9.97. The number of thioether (sulfide) groups is 1. The van der Waals surface area contributed by atoms with Gasteiger partial charge in [0, 0.05) is 26.2 Å². The highest BCUT2D eigenvalue weighted by atomic mass is 32.2. The summed E-state index contributed by atoms with van der Waals surface area (Å²) in [7, 11) is 1.97. The Balaban J connectivity index is 1.85. The van der Waals surface area contributed by atoms with Gasteiger partial charge in [-0.05, 0) is 24.3 Å². The van der Waals surface area contributed by atoms with Gasteiger partial charge in [0.2, 0.25) is 5.91 Å². The van der Waals surface area contributed by atoms with E-state index in [2.05, 4.69) is 5.32 Å². The molecule has 2 fully saturated rings. The van der Waals surface area contributed by atoms with Crippen LogP contribution in [0.25, 0.3) is 0 Å². The summed E-state index contributed by atoms with van der Waals surface area (Å²) < 4.78 is 0. The van der Waals surface area contributed by atoms with Crippen LogP contribution in [-0.4, -0.2) is 48.5 Å². The molecule has 0 unspecified atom stereocenters. The Morgan fingerprint density at radius 2 is 2.00 bits per heavy atom. The van der Waals surface area contributed by atoms with Crippen LogP contribution in [0.2, 0.25) is 0 Å². The van der Waals surface area contributed by atoms with Crippen LogP contribution >= 0.6 is 11.8 Å². The third-order valence-corrected chi connectivity index (χ3v) is 4.27. The average Bonchev–Trinajstić information content (AvgIpc) is 2.15. The molecule has 2 heterocycles. The fraction of sp³-hybridized carbons (Fsp3) is 0.900. The fourth-order valence-electron chi connectivity index (χ4n) is 2.00. The first-order valence-electron chi connectivity index (χ1n) is 5.34. The van der Waals surface area contributed by atoms with E-state index in [9.17, 15) is 4.79 Å². The molecule has 0 aliphatic carbocycles. The van der Waals surface area contributed by atoms with E-state index in [4.69, 9.17) is 0 Å². The smallest absolute Gasteiger partial charge is 0.228 e. The van der Waals surface area contributed by atoms with Crippen LogP contribution < -0.4 is 5.32 Å². The van der Waals surface area contributed by atoms with E-state index in [0.717, 1.165) is 13.1 Å². The largest absolute Gasteiger partial charge is 0.342 e. The molecule has 0 spiro atoms. The summed E-state index contributed by atoms with van der Waals surface area (Å²) in [6.07, 6.45) is 2.35. The van der Waals surface area contributed by atoms with Crippen molar-refractivity contribution >= 4 is 17.7 Å². The van der Waals surface area contributed by atoms with Crippen LogP contribution in [0, 0.1) is 5.92 Å². The van der Waals surface area contributed by atoms with Crippen LogP contribution in [-0.2, 0) is 4.79 Å². The molecule has 4 heteroatoms. The maximum atomic E-state index is 11.9. The van der Waals surface area contributed by atoms with Crippen LogP contribution in [0.5, 0.6) is 0 Å². The molecule has 2 aliphatic heterocycles. The number of hydrogen-bond donors (Lipinski definition) is 1. The minimum absolute atomic E-state index is 0.259. The molecule has 0 radical (unpaired) electrons. The van der Waals surface area contributed by atoms with Gasteiger partial charge in [0.05, 0.1) is 5.92 Å². The van der Waals surface area contributed by atoms with Gasteiger partial charge in [-0.3, -0.25) is 4.79 Å². The normalized spacial score (nSPS) is 24.4. The first-order valence-corrected chi connectivity index (χ1v) is 6.49. The van der Waals surface area contributed by atoms with Gasteiger partial charge in [-0.25, -0.2) is 0 Å². The summed E-state index contributed by atoms with van der Waals surface area (Å²) in [5.41, 5.74) is 0. The van der Waals surface area contributed by atoms with Crippen molar-refractivity contribution in [3.8, 4) is 0 Å². The Morgan fingerprint density at radius 1 is 1.36 bits per heavy atom. The summed E-state index contributed by atoms with van der Waals surface area (Å²) in [5, 5.41) is 3.15. The molecule has 0 aromatic carbocycles. The maximum absolute atomic E-state index is 11.9. The Labute approximate surface area is 89.6 Å². The third-order valence-electron chi connectivity index (χ3n) is 3.22. The van der Waals surface area contributed by atoms with E-state index >= 15 is 0 Å². The first-order chi connectivity index (χ1) is 6.79. The monoisotopic (exact) mass is 214 g/mol. The molecule has 3 nitrogen and oxygen atoms in total. The van der Waals surface area contributed by atoms with Gasteiger partial charge < -0.3 is 10.2 Å². The third kappa shape index (κ3) is 2.06. The number of carbonyl (C=O) groups is 1. The minimum atomic E-state index is 0.259. The van der Waals surface area contributed by atoms with Crippen molar-refractivity contribution < 1.29 is 4.79 Å². The Bertz CT molecular complexity index is 212. The molecule has 1 amide bonds. The van der Waals surface area contributed by atoms with Gasteiger partial charge in [-0.15, -0.1) is 0 Å². The van der Waals surface area contributed by atoms with Gasteiger partial charge in [-0.2, -0.15) is 11.8 Å². The molecule has 80 valence electrons. The first kappa shape index (κ1) is 10.3. The number of carbonyl (C=O) groups excluding carboxylic acids is 1. The maximum Gasteiger partial charge on any atom is 0.228 e. The van der Waals surface area contributed by atoms with Crippen molar-refractivity contribution in [3.05, 3.63) is 0 Å². The molecule has 0 aromatic heterocycles. The summed E-state index contributed by atoms with van der Waals surface area (Å²) in [5.74, 6) is 3.03. The van der Waals surface area contributed by atoms with E-state index in [-0.39, 0.29) is 5.92 Å². The Kier molecular flexibility index (Phi) is 3.34. The highest BCUT2D eigenvalue weighted by Crippen LogP contribution is 2.22.